The summed E-state index contributed by atoms with van der Waals surface area (Å²) in [5.74, 6) is -0.341. The number of amides is 1. The Morgan fingerprint density at radius 1 is 1.12 bits per heavy atom. The molecular weight excluding hydrogens is 330 g/mol. The van der Waals surface area contributed by atoms with Crippen LogP contribution in [0.3, 0.4) is 0 Å². The van der Waals surface area contributed by atoms with Crippen molar-refractivity contribution in [2.24, 2.45) is 5.92 Å². The maximum atomic E-state index is 13.2. The Bertz CT molecular complexity index is 658. The van der Waals surface area contributed by atoms with Crippen LogP contribution in [0.4, 0.5) is 0 Å². The van der Waals surface area contributed by atoms with Crippen molar-refractivity contribution in [3.8, 4) is 0 Å². The van der Waals surface area contributed by atoms with E-state index in [9.17, 15) is 9.59 Å². The Morgan fingerprint density at radius 3 is 2.65 bits per heavy atom. The maximum absolute atomic E-state index is 13.2. The Morgan fingerprint density at radius 2 is 1.88 bits per heavy atom. The number of carbonyl (C=O) groups is 2. The fraction of sp³-hybridized carbons (Fsp3) is 0.650. The summed E-state index contributed by atoms with van der Waals surface area (Å²) in [7, 11) is 0. The first-order valence-electron chi connectivity index (χ1n) is 9.78. The molecule has 1 spiro atoms. The van der Waals surface area contributed by atoms with Crippen molar-refractivity contribution in [2.45, 2.75) is 50.7 Å². The number of nitrogens with zero attached hydrogens (tertiary/aromatic N) is 3. The summed E-state index contributed by atoms with van der Waals surface area (Å²) in [6.45, 7) is 4.23. The van der Waals surface area contributed by atoms with Crippen LogP contribution < -0.4 is 0 Å². The van der Waals surface area contributed by atoms with Crippen molar-refractivity contribution in [2.75, 3.05) is 26.2 Å². The highest BCUT2D eigenvalue weighted by Gasteiger charge is 2.54. The summed E-state index contributed by atoms with van der Waals surface area (Å²) in [4.78, 5) is 33.5. The van der Waals surface area contributed by atoms with E-state index in [1.165, 1.54) is 5.56 Å². The molecule has 1 aromatic heterocycles. The molecule has 4 rings (SSSR count). The van der Waals surface area contributed by atoms with E-state index in [1.54, 1.807) is 0 Å². The van der Waals surface area contributed by atoms with E-state index >= 15 is 0 Å². The van der Waals surface area contributed by atoms with Crippen LogP contribution >= 0.6 is 0 Å². The van der Waals surface area contributed by atoms with Gasteiger partial charge in [0.25, 0.3) is 0 Å². The minimum Gasteiger partial charge on any atom is -0.458 e. The van der Waals surface area contributed by atoms with E-state index in [0.717, 1.165) is 64.8 Å². The van der Waals surface area contributed by atoms with Crippen molar-refractivity contribution in [1.82, 2.24) is 14.8 Å². The summed E-state index contributed by atoms with van der Waals surface area (Å²) >= 11 is 0. The molecule has 0 aromatic carbocycles. The average molecular weight is 357 g/mol. The predicted octanol–water partition coefficient (Wildman–Crippen LogP) is 1.99. The van der Waals surface area contributed by atoms with E-state index in [-0.39, 0.29) is 24.2 Å². The third kappa shape index (κ3) is 3.47. The molecule has 0 bridgehead atoms. The Labute approximate surface area is 154 Å². The predicted molar refractivity (Wildman–Crippen MR) is 96.1 cm³/mol. The number of carbonyl (C=O) groups excluding carboxylic acids is 2. The highest BCUT2D eigenvalue weighted by molar-refractivity contribution is 5.88. The van der Waals surface area contributed by atoms with E-state index < -0.39 is 5.60 Å². The second-order valence-electron chi connectivity index (χ2n) is 7.81. The summed E-state index contributed by atoms with van der Waals surface area (Å²) in [6.07, 6.45) is 8.66. The number of hydrogen-bond acceptors (Lipinski definition) is 5. The van der Waals surface area contributed by atoms with Gasteiger partial charge in [0.1, 0.15) is 5.60 Å². The fourth-order valence-corrected chi connectivity index (χ4v) is 4.74. The van der Waals surface area contributed by atoms with Crippen molar-refractivity contribution in [1.29, 1.82) is 0 Å². The van der Waals surface area contributed by atoms with E-state index in [2.05, 4.69) is 9.88 Å². The molecule has 1 aromatic rings. The van der Waals surface area contributed by atoms with Crippen LogP contribution in [-0.2, 0) is 20.9 Å². The number of aromatic nitrogens is 1. The minimum absolute atomic E-state index is 0.128. The van der Waals surface area contributed by atoms with Gasteiger partial charge in [-0.3, -0.25) is 19.5 Å². The van der Waals surface area contributed by atoms with Gasteiger partial charge in [0.15, 0.2) is 0 Å². The number of ether oxygens (including phenoxy) is 1. The topological polar surface area (TPSA) is 62.7 Å². The lowest BCUT2D eigenvalue weighted by Gasteiger charge is -2.32. The fourth-order valence-electron chi connectivity index (χ4n) is 4.74. The summed E-state index contributed by atoms with van der Waals surface area (Å²) in [5, 5.41) is 0. The largest absolute Gasteiger partial charge is 0.458 e. The van der Waals surface area contributed by atoms with Gasteiger partial charge < -0.3 is 9.64 Å². The molecule has 1 saturated carbocycles. The number of rotatable bonds is 3. The lowest BCUT2D eigenvalue weighted by atomic mass is 9.84. The molecule has 1 aliphatic carbocycles. The molecule has 3 fully saturated rings. The molecule has 0 radical (unpaired) electrons. The number of hydrogen-bond donors (Lipinski definition) is 0. The quantitative estimate of drug-likeness (QED) is 0.774. The van der Waals surface area contributed by atoms with Crippen LogP contribution in [0.25, 0.3) is 0 Å². The van der Waals surface area contributed by atoms with Gasteiger partial charge in [-0.25, -0.2) is 0 Å². The van der Waals surface area contributed by atoms with Crippen LogP contribution in [-0.4, -0.2) is 58.4 Å². The van der Waals surface area contributed by atoms with Crippen LogP contribution in [0.5, 0.6) is 0 Å². The molecule has 6 heteroatoms. The van der Waals surface area contributed by atoms with Gasteiger partial charge in [-0.05, 0) is 49.8 Å². The lowest BCUT2D eigenvalue weighted by Crippen LogP contribution is -2.46. The van der Waals surface area contributed by atoms with E-state index in [1.807, 2.05) is 29.4 Å². The van der Waals surface area contributed by atoms with Gasteiger partial charge in [0, 0.05) is 45.1 Å². The number of esters is 1. The molecular formula is C20H27N3O3. The lowest BCUT2D eigenvalue weighted by molar-refractivity contribution is -0.151. The van der Waals surface area contributed by atoms with Gasteiger partial charge in [0.2, 0.25) is 5.91 Å². The van der Waals surface area contributed by atoms with E-state index in [4.69, 9.17) is 4.74 Å². The standard InChI is InChI=1S/C20H27N3O3/c24-18-14-17(20(26-18)6-1-2-7-20)19(25)23-11-3-10-22(12-13-23)15-16-4-8-21-9-5-16/h4-5,8-9,17H,1-3,6-7,10-15H2. The van der Waals surface area contributed by atoms with Crippen molar-refractivity contribution in [3.63, 3.8) is 0 Å². The Hall–Kier alpha value is -1.95. The van der Waals surface area contributed by atoms with Crippen molar-refractivity contribution < 1.29 is 14.3 Å². The van der Waals surface area contributed by atoms with Gasteiger partial charge in [-0.2, -0.15) is 0 Å². The molecule has 6 nitrogen and oxygen atoms in total. The molecule has 3 aliphatic rings. The highest BCUT2D eigenvalue weighted by Crippen LogP contribution is 2.46. The number of pyridine rings is 1. The normalized spacial score (nSPS) is 26.1. The maximum Gasteiger partial charge on any atom is 0.307 e. The molecule has 1 atom stereocenters. The molecule has 2 aliphatic heterocycles. The second-order valence-corrected chi connectivity index (χ2v) is 7.81. The third-order valence-electron chi connectivity index (χ3n) is 6.13. The first kappa shape index (κ1) is 17.5. The molecule has 3 heterocycles. The van der Waals surface area contributed by atoms with Crippen molar-refractivity contribution >= 4 is 11.9 Å². The first-order chi connectivity index (χ1) is 12.7. The van der Waals surface area contributed by atoms with Crippen LogP contribution in [0.15, 0.2) is 24.5 Å². The summed E-state index contributed by atoms with van der Waals surface area (Å²) in [5.41, 5.74) is 0.747. The van der Waals surface area contributed by atoms with Crippen molar-refractivity contribution in [3.05, 3.63) is 30.1 Å². The van der Waals surface area contributed by atoms with Crippen LogP contribution in [0, 0.1) is 5.92 Å². The van der Waals surface area contributed by atoms with Gasteiger partial charge >= 0.3 is 5.97 Å². The average Bonchev–Trinajstić information content (AvgIpc) is 3.16. The SMILES string of the molecule is O=C1CC(C(=O)N2CCCN(Cc3ccncc3)CC2)C2(CCCC2)O1. The monoisotopic (exact) mass is 357 g/mol. The van der Waals surface area contributed by atoms with Crippen LogP contribution in [0.2, 0.25) is 0 Å². The highest BCUT2D eigenvalue weighted by atomic mass is 16.6. The molecule has 26 heavy (non-hydrogen) atoms. The summed E-state index contributed by atoms with van der Waals surface area (Å²) in [6, 6.07) is 4.08. The molecule has 1 amide bonds. The van der Waals surface area contributed by atoms with Gasteiger partial charge in [-0.15, -0.1) is 0 Å². The molecule has 2 saturated heterocycles. The first-order valence-corrected chi connectivity index (χ1v) is 9.78. The van der Waals surface area contributed by atoms with E-state index in [0.29, 0.717) is 0 Å². The van der Waals surface area contributed by atoms with Crippen LogP contribution in [0.1, 0.15) is 44.1 Å². The second kappa shape index (κ2) is 7.35. The Kier molecular flexibility index (Phi) is 4.94. The minimum atomic E-state index is -0.503. The molecule has 0 N–H and O–H groups in total. The Balaban J connectivity index is 1.39. The molecule has 140 valence electrons. The zero-order valence-corrected chi connectivity index (χ0v) is 15.2. The third-order valence-corrected chi connectivity index (χ3v) is 6.13. The summed E-state index contributed by atoms with van der Waals surface area (Å²) < 4.78 is 5.66. The van der Waals surface area contributed by atoms with Gasteiger partial charge in [0.05, 0.1) is 12.3 Å². The molecule has 1 unspecified atom stereocenters. The zero-order chi connectivity index (χ0) is 18.0. The zero-order valence-electron chi connectivity index (χ0n) is 15.2. The van der Waals surface area contributed by atoms with Gasteiger partial charge in [-0.1, -0.05) is 0 Å². The smallest absolute Gasteiger partial charge is 0.307 e.